The summed E-state index contributed by atoms with van der Waals surface area (Å²) in [6, 6.07) is 7.59. The molecule has 2 aromatic rings. The predicted octanol–water partition coefficient (Wildman–Crippen LogP) is 4.46. The van der Waals surface area contributed by atoms with Crippen molar-refractivity contribution in [2.45, 2.75) is 17.4 Å². The van der Waals surface area contributed by atoms with Gasteiger partial charge >= 0.3 is 0 Å². The first-order valence-electron chi connectivity index (χ1n) is 6.47. The van der Waals surface area contributed by atoms with Gasteiger partial charge in [0.1, 0.15) is 0 Å². The van der Waals surface area contributed by atoms with E-state index < -0.39 is 0 Å². The number of aromatic nitrogens is 1. The third-order valence-electron chi connectivity index (χ3n) is 3.28. The molecule has 3 rings (SSSR count). The molecule has 1 N–H and O–H groups in total. The van der Waals surface area contributed by atoms with Gasteiger partial charge in [-0.1, -0.05) is 11.6 Å². The Balaban J connectivity index is 1.83. The number of thioether (sulfide) groups is 1. The van der Waals surface area contributed by atoms with Crippen molar-refractivity contribution in [1.82, 2.24) is 10.3 Å². The van der Waals surface area contributed by atoms with Gasteiger partial charge in [0, 0.05) is 32.5 Å². The van der Waals surface area contributed by atoms with Gasteiger partial charge in [0.25, 0.3) is 5.91 Å². The third-order valence-corrected chi connectivity index (χ3v) is 5.08. The van der Waals surface area contributed by atoms with Crippen molar-refractivity contribution < 1.29 is 4.79 Å². The summed E-state index contributed by atoms with van der Waals surface area (Å²) in [5.74, 6) is 0.864. The maximum absolute atomic E-state index is 12.3. The van der Waals surface area contributed by atoms with Crippen LogP contribution in [0.15, 0.2) is 46.0 Å². The molecule has 1 aliphatic rings. The second kappa shape index (κ2) is 6.38. The van der Waals surface area contributed by atoms with Crippen LogP contribution in [0.5, 0.6) is 0 Å². The van der Waals surface area contributed by atoms with Crippen LogP contribution in [0.1, 0.15) is 28.4 Å². The lowest BCUT2D eigenvalue weighted by Gasteiger charge is -2.26. The molecule has 1 aromatic carbocycles. The Morgan fingerprint density at radius 2 is 2.24 bits per heavy atom. The molecule has 6 heteroatoms. The maximum atomic E-state index is 12.3. The van der Waals surface area contributed by atoms with E-state index in [1.54, 1.807) is 30.2 Å². The first-order chi connectivity index (χ1) is 10.1. The van der Waals surface area contributed by atoms with E-state index in [1.807, 2.05) is 18.2 Å². The van der Waals surface area contributed by atoms with Crippen LogP contribution in [0, 0.1) is 0 Å². The van der Waals surface area contributed by atoms with Crippen LogP contribution in [0.3, 0.4) is 0 Å². The molecular formula is C15H12BrClN2OS. The van der Waals surface area contributed by atoms with Crippen LogP contribution in [0.25, 0.3) is 0 Å². The van der Waals surface area contributed by atoms with Crippen molar-refractivity contribution >= 4 is 45.2 Å². The number of carbonyl (C=O) groups is 1. The molecule has 1 atom stereocenters. The van der Waals surface area contributed by atoms with E-state index in [0.29, 0.717) is 10.6 Å². The molecule has 1 amide bonds. The Morgan fingerprint density at radius 1 is 1.38 bits per heavy atom. The van der Waals surface area contributed by atoms with E-state index in [4.69, 9.17) is 11.6 Å². The molecule has 0 radical (unpaired) electrons. The van der Waals surface area contributed by atoms with Crippen LogP contribution >= 0.6 is 39.3 Å². The van der Waals surface area contributed by atoms with E-state index in [2.05, 4.69) is 26.2 Å². The Hall–Kier alpha value is -1.04. The highest BCUT2D eigenvalue weighted by molar-refractivity contribution is 9.10. The normalized spacial score (nSPS) is 17.1. The van der Waals surface area contributed by atoms with Crippen LogP contribution < -0.4 is 5.32 Å². The standard InChI is InChI=1S/C15H12BrClN2OS/c16-10-5-9(7-18-8-10)15(20)19-13-3-4-21-14-2-1-11(17)6-12(13)14/h1-2,5-8,13H,3-4H2,(H,19,20). The molecule has 3 nitrogen and oxygen atoms in total. The summed E-state index contributed by atoms with van der Waals surface area (Å²) < 4.78 is 0.790. The number of carbonyl (C=O) groups excluding carboxylic acids is 1. The third kappa shape index (κ3) is 3.42. The fourth-order valence-electron chi connectivity index (χ4n) is 2.29. The number of hydrogen-bond acceptors (Lipinski definition) is 3. The lowest BCUT2D eigenvalue weighted by molar-refractivity contribution is 0.0934. The molecule has 0 saturated carbocycles. The molecule has 0 bridgehead atoms. The fourth-order valence-corrected chi connectivity index (χ4v) is 3.94. The summed E-state index contributed by atoms with van der Waals surface area (Å²) in [6.07, 6.45) is 4.12. The smallest absolute Gasteiger partial charge is 0.253 e. The van der Waals surface area contributed by atoms with Crippen molar-refractivity contribution in [3.63, 3.8) is 0 Å². The summed E-state index contributed by atoms with van der Waals surface area (Å²) in [6.45, 7) is 0. The van der Waals surface area contributed by atoms with Gasteiger partial charge in [-0.2, -0.15) is 0 Å². The van der Waals surface area contributed by atoms with Crippen LogP contribution in [0.2, 0.25) is 5.02 Å². The highest BCUT2D eigenvalue weighted by Crippen LogP contribution is 2.37. The average Bonchev–Trinajstić information content (AvgIpc) is 2.48. The molecule has 1 aromatic heterocycles. The Labute approximate surface area is 140 Å². The maximum Gasteiger partial charge on any atom is 0.253 e. The zero-order valence-electron chi connectivity index (χ0n) is 11.0. The van der Waals surface area contributed by atoms with E-state index in [0.717, 1.165) is 22.2 Å². The van der Waals surface area contributed by atoms with Crippen LogP contribution in [0.4, 0.5) is 0 Å². The topological polar surface area (TPSA) is 42.0 Å². The molecular weight excluding hydrogens is 372 g/mol. The molecule has 108 valence electrons. The van der Waals surface area contributed by atoms with Gasteiger partial charge in [-0.15, -0.1) is 11.8 Å². The number of hydrogen-bond donors (Lipinski definition) is 1. The summed E-state index contributed by atoms with van der Waals surface area (Å²) in [4.78, 5) is 17.6. The fraction of sp³-hybridized carbons (Fsp3) is 0.200. The number of rotatable bonds is 2. The molecule has 1 aliphatic heterocycles. The minimum atomic E-state index is -0.119. The van der Waals surface area contributed by atoms with Crippen LogP contribution in [-0.4, -0.2) is 16.6 Å². The van der Waals surface area contributed by atoms with Gasteiger partial charge in [0.05, 0.1) is 11.6 Å². The van der Waals surface area contributed by atoms with E-state index in [1.165, 1.54) is 4.90 Å². The number of nitrogens with one attached hydrogen (secondary N) is 1. The van der Waals surface area contributed by atoms with Crippen molar-refractivity contribution in [3.05, 3.63) is 57.3 Å². The van der Waals surface area contributed by atoms with Gasteiger partial charge < -0.3 is 5.32 Å². The molecule has 0 aliphatic carbocycles. The van der Waals surface area contributed by atoms with E-state index >= 15 is 0 Å². The van der Waals surface area contributed by atoms with Gasteiger partial charge in [0.15, 0.2) is 0 Å². The Bertz CT molecular complexity index is 695. The Morgan fingerprint density at radius 3 is 3.05 bits per heavy atom. The second-order valence-electron chi connectivity index (χ2n) is 4.74. The van der Waals surface area contributed by atoms with Crippen LogP contribution in [-0.2, 0) is 0 Å². The van der Waals surface area contributed by atoms with Gasteiger partial charge in [-0.05, 0) is 52.2 Å². The van der Waals surface area contributed by atoms with Crippen molar-refractivity contribution in [2.24, 2.45) is 0 Å². The summed E-state index contributed by atoms with van der Waals surface area (Å²) >= 11 is 11.2. The van der Waals surface area contributed by atoms with Crippen molar-refractivity contribution in [1.29, 1.82) is 0 Å². The number of benzene rings is 1. The number of amides is 1. The molecule has 0 spiro atoms. The minimum Gasteiger partial charge on any atom is -0.345 e. The molecule has 1 unspecified atom stereocenters. The lowest BCUT2D eigenvalue weighted by Crippen LogP contribution is -2.30. The number of halogens is 2. The minimum absolute atomic E-state index is 0.00793. The molecule has 2 heterocycles. The first kappa shape index (κ1) is 14.9. The zero-order chi connectivity index (χ0) is 14.8. The van der Waals surface area contributed by atoms with Crippen molar-refractivity contribution in [2.75, 3.05) is 5.75 Å². The largest absolute Gasteiger partial charge is 0.345 e. The lowest BCUT2D eigenvalue weighted by atomic mass is 10.0. The van der Waals surface area contributed by atoms with Crippen molar-refractivity contribution in [3.8, 4) is 0 Å². The van der Waals surface area contributed by atoms with Gasteiger partial charge in [-0.25, -0.2) is 0 Å². The van der Waals surface area contributed by atoms with Gasteiger partial charge in [-0.3, -0.25) is 9.78 Å². The second-order valence-corrected chi connectivity index (χ2v) is 7.23. The SMILES string of the molecule is O=C(NC1CCSc2ccc(Cl)cc21)c1cncc(Br)c1. The molecule has 21 heavy (non-hydrogen) atoms. The number of fused-ring (bicyclic) bond motifs is 1. The quantitative estimate of drug-likeness (QED) is 0.832. The van der Waals surface area contributed by atoms with E-state index in [-0.39, 0.29) is 11.9 Å². The zero-order valence-corrected chi connectivity index (χ0v) is 14.1. The number of pyridine rings is 1. The Kier molecular flexibility index (Phi) is 4.52. The monoisotopic (exact) mass is 382 g/mol. The number of nitrogens with zero attached hydrogens (tertiary/aromatic N) is 1. The summed E-state index contributed by atoms with van der Waals surface area (Å²) in [7, 11) is 0. The van der Waals surface area contributed by atoms with E-state index in [9.17, 15) is 4.79 Å². The summed E-state index contributed by atoms with van der Waals surface area (Å²) in [5.41, 5.74) is 1.64. The molecule has 0 saturated heterocycles. The summed E-state index contributed by atoms with van der Waals surface area (Å²) in [5, 5.41) is 3.77. The van der Waals surface area contributed by atoms with Gasteiger partial charge in [0.2, 0.25) is 0 Å². The highest BCUT2D eigenvalue weighted by Gasteiger charge is 2.23. The first-order valence-corrected chi connectivity index (χ1v) is 8.63. The molecule has 0 fully saturated rings. The average molecular weight is 384 g/mol. The predicted molar refractivity (Wildman–Crippen MR) is 88.9 cm³/mol. The highest BCUT2D eigenvalue weighted by atomic mass is 79.9.